The van der Waals surface area contributed by atoms with Crippen molar-refractivity contribution in [3.8, 4) is 11.1 Å². The molecule has 1 aliphatic heterocycles. The minimum atomic E-state index is -4.58. The molecular weight excluding hydrogens is 417 g/mol. The first kappa shape index (κ1) is 21.3. The molecule has 1 fully saturated rings. The summed E-state index contributed by atoms with van der Waals surface area (Å²) in [4.78, 5) is 13.9. The Hall–Kier alpha value is -2.90. The Bertz CT molecular complexity index is 1110. The predicted molar refractivity (Wildman–Crippen MR) is 106 cm³/mol. The lowest BCUT2D eigenvalue weighted by Gasteiger charge is -2.31. The average molecular weight is 437 g/mol. The molecule has 0 saturated carbocycles. The number of hydrogen-bond donors (Lipinski definition) is 0. The van der Waals surface area contributed by atoms with E-state index in [1.165, 1.54) is 17.0 Å². The van der Waals surface area contributed by atoms with Crippen LogP contribution in [0.25, 0.3) is 22.1 Å². The smallest absolute Gasteiger partial charge is 0.420 e. The lowest BCUT2D eigenvalue weighted by atomic mass is 9.98. The number of aryl methyl sites for hydroxylation is 1. The number of piperidine rings is 1. The van der Waals surface area contributed by atoms with Crippen molar-refractivity contribution in [1.82, 2.24) is 4.90 Å². The van der Waals surface area contributed by atoms with Crippen LogP contribution in [-0.2, 0) is 12.6 Å². The van der Waals surface area contributed by atoms with Gasteiger partial charge in [0.15, 0.2) is 0 Å². The van der Waals surface area contributed by atoms with Crippen LogP contribution in [0.1, 0.15) is 41.4 Å². The summed E-state index contributed by atoms with van der Waals surface area (Å²) >= 11 is 0. The Kier molecular flexibility index (Phi) is 5.27. The van der Waals surface area contributed by atoms with Crippen LogP contribution in [0.4, 0.5) is 22.0 Å². The van der Waals surface area contributed by atoms with Gasteiger partial charge in [0.25, 0.3) is 11.8 Å². The van der Waals surface area contributed by atoms with Crippen molar-refractivity contribution in [3.63, 3.8) is 0 Å². The molecule has 8 heteroatoms. The van der Waals surface area contributed by atoms with Crippen LogP contribution in [0.2, 0.25) is 0 Å². The van der Waals surface area contributed by atoms with Crippen molar-refractivity contribution in [2.75, 3.05) is 13.1 Å². The van der Waals surface area contributed by atoms with Gasteiger partial charge in [0, 0.05) is 43.3 Å². The van der Waals surface area contributed by atoms with Crippen molar-refractivity contribution >= 4 is 16.9 Å². The van der Waals surface area contributed by atoms with E-state index in [9.17, 15) is 26.7 Å². The maximum Gasteiger partial charge on any atom is 0.420 e. The average Bonchev–Trinajstić information content (AvgIpc) is 3.15. The van der Waals surface area contributed by atoms with Gasteiger partial charge < -0.3 is 9.32 Å². The summed E-state index contributed by atoms with van der Waals surface area (Å²) in [5.74, 6) is -2.65. The van der Waals surface area contributed by atoms with Gasteiger partial charge in [-0.05, 0) is 41.5 Å². The summed E-state index contributed by atoms with van der Waals surface area (Å²) < 4.78 is 72.8. The van der Waals surface area contributed by atoms with Gasteiger partial charge in [0.05, 0.1) is 5.56 Å². The van der Waals surface area contributed by atoms with Gasteiger partial charge in [0.2, 0.25) is 0 Å². The molecule has 4 rings (SSSR count). The fourth-order valence-electron chi connectivity index (χ4n) is 3.78. The molecule has 0 aliphatic carbocycles. The van der Waals surface area contributed by atoms with Crippen LogP contribution >= 0.6 is 0 Å². The van der Waals surface area contributed by atoms with Crippen LogP contribution in [0.5, 0.6) is 0 Å². The standard InChI is InChI=1S/C23H20F5NO2/c1-2-18-12-17-11-16(13-19(20(17)31-18)23(26,27)28)14-3-5-15(6-4-14)21(30)29-9-7-22(24,25)8-10-29/h3-6,11-13H,2,7-10H2,1H3. The number of alkyl halides is 5. The molecule has 1 aliphatic rings. The van der Waals surface area contributed by atoms with E-state index in [1.807, 2.05) is 0 Å². The van der Waals surface area contributed by atoms with Crippen molar-refractivity contribution < 1.29 is 31.2 Å². The van der Waals surface area contributed by atoms with Crippen LogP contribution in [-0.4, -0.2) is 29.8 Å². The number of hydrogen-bond acceptors (Lipinski definition) is 2. The minimum Gasteiger partial charge on any atom is -0.460 e. The molecule has 1 amide bonds. The van der Waals surface area contributed by atoms with E-state index in [-0.39, 0.29) is 37.4 Å². The summed E-state index contributed by atoms with van der Waals surface area (Å²) in [6.45, 7) is 1.74. The molecule has 0 N–H and O–H groups in total. The fourth-order valence-corrected chi connectivity index (χ4v) is 3.78. The highest BCUT2D eigenvalue weighted by molar-refractivity contribution is 5.95. The van der Waals surface area contributed by atoms with E-state index in [1.54, 1.807) is 31.2 Å². The molecule has 1 aromatic heterocycles. The predicted octanol–water partition coefficient (Wildman–Crippen LogP) is 6.55. The van der Waals surface area contributed by atoms with E-state index in [0.29, 0.717) is 34.3 Å². The zero-order valence-electron chi connectivity index (χ0n) is 16.7. The zero-order chi connectivity index (χ0) is 22.4. The number of carbonyl (C=O) groups excluding carboxylic acids is 1. The first-order chi connectivity index (χ1) is 14.6. The van der Waals surface area contributed by atoms with Gasteiger partial charge >= 0.3 is 6.18 Å². The first-order valence-corrected chi connectivity index (χ1v) is 9.98. The molecule has 2 aromatic carbocycles. The highest BCUT2D eigenvalue weighted by Crippen LogP contribution is 2.39. The van der Waals surface area contributed by atoms with Gasteiger partial charge in [-0.3, -0.25) is 4.79 Å². The number of fused-ring (bicyclic) bond motifs is 1. The Morgan fingerprint density at radius 1 is 1.03 bits per heavy atom. The quantitative estimate of drug-likeness (QED) is 0.435. The van der Waals surface area contributed by atoms with E-state index in [0.717, 1.165) is 6.07 Å². The third-order valence-corrected chi connectivity index (χ3v) is 5.57. The third-order valence-electron chi connectivity index (χ3n) is 5.57. The number of furan rings is 1. The molecule has 164 valence electrons. The van der Waals surface area contributed by atoms with Crippen LogP contribution < -0.4 is 0 Å². The Balaban J connectivity index is 1.64. The fraction of sp³-hybridized carbons (Fsp3) is 0.348. The molecule has 31 heavy (non-hydrogen) atoms. The van der Waals surface area contributed by atoms with Crippen molar-refractivity contribution in [1.29, 1.82) is 0 Å². The number of nitrogens with zero attached hydrogens (tertiary/aromatic N) is 1. The zero-order valence-corrected chi connectivity index (χ0v) is 16.7. The highest BCUT2D eigenvalue weighted by Gasteiger charge is 2.36. The summed E-state index contributed by atoms with van der Waals surface area (Å²) in [5, 5.41) is 0.357. The van der Waals surface area contributed by atoms with E-state index in [2.05, 4.69) is 0 Å². The van der Waals surface area contributed by atoms with Gasteiger partial charge in [-0.1, -0.05) is 19.1 Å². The minimum absolute atomic E-state index is 0.0283. The Morgan fingerprint density at radius 2 is 1.68 bits per heavy atom. The molecule has 3 aromatic rings. The third kappa shape index (κ3) is 4.29. The second-order valence-electron chi connectivity index (χ2n) is 7.73. The van der Waals surface area contributed by atoms with Gasteiger partial charge in [-0.2, -0.15) is 13.2 Å². The van der Waals surface area contributed by atoms with E-state index >= 15 is 0 Å². The van der Waals surface area contributed by atoms with Gasteiger partial charge in [-0.25, -0.2) is 8.78 Å². The molecule has 0 radical (unpaired) electrons. The van der Waals surface area contributed by atoms with Crippen molar-refractivity contribution in [2.45, 2.75) is 38.3 Å². The molecule has 1 saturated heterocycles. The maximum atomic E-state index is 13.6. The lowest BCUT2D eigenvalue weighted by Crippen LogP contribution is -2.42. The second kappa shape index (κ2) is 7.66. The molecule has 0 atom stereocenters. The number of carbonyl (C=O) groups is 1. The van der Waals surface area contributed by atoms with Crippen LogP contribution in [0.3, 0.4) is 0 Å². The SMILES string of the molecule is CCc1cc2cc(-c3ccc(C(=O)N4CCC(F)(F)CC4)cc3)cc(C(F)(F)F)c2o1. The molecule has 0 bridgehead atoms. The largest absolute Gasteiger partial charge is 0.460 e. The second-order valence-corrected chi connectivity index (χ2v) is 7.73. The maximum absolute atomic E-state index is 13.6. The summed E-state index contributed by atoms with van der Waals surface area (Å²) in [6.07, 6.45) is -4.85. The molecular formula is C23H20F5NO2. The Morgan fingerprint density at radius 3 is 2.26 bits per heavy atom. The molecule has 0 unspecified atom stereocenters. The number of benzene rings is 2. The summed E-state index contributed by atoms with van der Waals surface area (Å²) in [6, 6.07) is 10.4. The van der Waals surface area contributed by atoms with Crippen molar-refractivity contribution in [2.24, 2.45) is 0 Å². The monoisotopic (exact) mass is 437 g/mol. The van der Waals surface area contributed by atoms with Gasteiger partial charge in [-0.15, -0.1) is 0 Å². The first-order valence-electron chi connectivity index (χ1n) is 9.98. The molecule has 3 nitrogen and oxygen atoms in total. The summed E-state index contributed by atoms with van der Waals surface area (Å²) in [7, 11) is 0. The van der Waals surface area contributed by atoms with E-state index < -0.39 is 17.7 Å². The molecule has 2 heterocycles. The van der Waals surface area contributed by atoms with Crippen LogP contribution in [0.15, 0.2) is 46.9 Å². The Labute approximate surface area is 175 Å². The van der Waals surface area contributed by atoms with Crippen LogP contribution in [0, 0.1) is 0 Å². The number of rotatable bonds is 3. The molecule has 0 spiro atoms. The normalized spacial score (nSPS) is 16.6. The summed E-state index contributed by atoms with van der Waals surface area (Å²) in [5.41, 5.74) is 0.117. The van der Waals surface area contributed by atoms with E-state index in [4.69, 9.17) is 4.42 Å². The van der Waals surface area contributed by atoms with Gasteiger partial charge in [0.1, 0.15) is 11.3 Å². The highest BCUT2D eigenvalue weighted by atomic mass is 19.4. The number of likely N-dealkylation sites (tertiary alicyclic amines) is 1. The van der Waals surface area contributed by atoms with Crippen molar-refractivity contribution in [3.05, 3.63) is 59.4 Å². The number of amides is 1. The lowest BCUT2D eigenvalue weighted by molar-refractivity contribution is -0.136. The number of halogens is 5. The topological polar surface area (TPSA) is 33.5 Å².